The summed E-state index contributed by atoms with van der Waals surface area (Å²) in [6.45, 7) is 3.14. The molecule has 1 aliphatic carbocycles. The summed E-state index contributed by atoms with van der Waals surface area (Å²) in [7, 11) is 0. The highest BCUT2D eigenvalue weighted by Gasteiger charge is 2.24. The van der Waals surface area contributed by atoms with Crippen LogP contribution in [0.15, 0.2) is 12.1 Å². The van der Waals surface area contributed by atoms with Crippen LogP contribution in [0.25, 0.3) is 0 Å². The van der Waals surface area contributed by atoms with E-state index in [4.69, 9.17) is 10.5 Å². The van der Waals surface area contributed by atoms with Gasteiger partial charge in [0.15, 0.2) is 6.61 Å². The molecule has 0 bridgehead atoms. The van der Waals surface area contributed by atoms with Crippen molar-refractivity contribution in [1.82, 2.24) is 0 Å². The SMILES string of the molecule is CCN(c1cc2c(cc1N)OCC(=O)N2)C1CCCCC1. The van der Waals surface area contributed by atoms with E-state index in [1.54, 1.807) is 0 Å². The fourth-order valence-corrected chi connectivity index (χ4v) is 3.40. The molecule has 1 amide bonds. The quantitative estimate of drug-likeness (QED) is 0.840. The number of nitrogens with two attached hydrogens (primary N) is 1. The average Bonchev–Trinajstić information content (AvgIpc) is 2.50. The van der Waals surface area contributed by atoms with Gasteiger partial charge in [-0.1, -0.05) is 19.3 Å². The van der Waals surface area contributed by atoms with Crippen molar-refractivity contribution >= 4 is 23.0 Å². The van der Waals surface area contributed by atoms with Crippen LogP contribution in [0.5, 0.6) is 5.75 Å². The number of anilines is 3. The summed E-state index contributed by atoms with van der Waals surface area (Å²) in [5, 5.41) is 2.86. The molecule has 3 rings (SSSR count). The lowest BCUT2D eigenvalue weighted by Crippen LogP contribution is -2.37. The molecule has 1 aromatic carbocycles. The highest BCUT2D eigenvalue weighted by Crippen LogP contribution is 2.39. The van der Waals surface area contributed by atoms with Gasteiger partial charge in [-0.25, -0.2) is 0 Å². The van der Waals surface area contributed by atoms with Gasteiger partial charge in [-0.05, 0) is 25.8 Å². The highest BCUT2D eigenvalue weighted by molar-refractivity contribution is 5.97. The molecule has 1 heterocycles. The summed E-state index contributed by atoms with van der Waals surface area (Å²) in [6.07, 6.45) is 6.33. The van der Waals surface area contributed by atoms with Crippen molar-refractivity contribution in [2.45, 2.75) is 45.1 Å². The monoisotopic (exact) mass is 289 g/mol. The standard InChI is InChI=1S/C16H23N3O2/c1-2-19(11-6-4-3-5-7-11)14-9-13-15(8-12(14)17)21-10-16(20)18-13/h8-9,11H,2-7,10,17H2,1H3,(H,18,20). The molecule has 0 unspecified atom stereocenters. The molecule has 114 valence electrons. The van der Waals surface area contributed by atoms with E-state index in [1.807, 2.05) is 12.1 Å². The van der Waals surface area contributed by atoms with Crippen molar-refractivity contribution in [3.05, 3.63) is 12.1 Å². The molecular formula is C16H23N3O2. The van der Waals surface area contributed by atoms with Crippen molar-refractivity contribution < 1.29 is 9.53 Å². The molecule has 0 atom stereocenters. The normalized spacial score (nSPS) is 18.6. The summed E-state index contributed by atoms with van der Waals surface area (Å²) in [4.78, 5) is 13.9. The van der Waals surface area contributed by atoms with Gasteiger partial charge in [0.25, 0.3) is 5.91 Å². The minimum absolute atomic E-state index is 0.0614. The fourth-order valence-electron chi connectivity index (χ4n) is 3.40. The van der Waals surface area contributed by atoms with E-state index in [1.165, 1.54) is 32.1 Å². The van der Waals surface area contributed by atoms with Crippen LogP contribution in [-0.4, -0.2) is 25.1 Å². The summed E-state index contributed by atoms with van der Waals surface area (Å²) >= 11 is 0. The zero-order valence-corrected chi connectivity index (χ0v) is 12.5. The maximum atomic E-state index is 11.5. The molecule has 1 fully saturated rings. The average molecular weight is 289 g/mol. The number of hydrogen-bond donors (Lipinski definition) is 2. The van der Waals surface area contributed by atoms with Crippen LogP contribution in [0.2, 0.25) is 0 Å². The number of nitrogens with zero attached hydrogens (tertiary/aromatic N) is 1. The Morgan fingerprint density at radius 2 is 2.10 bits per heavy atom. The Hall–Kier alpha value is -1.91. The topological polar surface area (TPSA) is 67.6 Å². The minimum atomic E-state index is -0.112. The van der Waals surface area contributed by atoms with E-state index in [0.29, 0.717) is 11.8 Å². The first-order valence-corrected chi connectivity index (χ1v) is 7.82. The van der Waals surface area contributed by atoms with Gasteiger partial charge in [-0.2, -0.15) is 0 Å². The molecule has 3 N–H and O–H groups in total. The molecule has 5 nitrogen and oxygen atoms in total. The smallest absolute Gasteiger partial charge is 0.262 e. The molecule has 0 aromatic heterocycles. The molecule has 1 aromatic rings. The van der Waals surface area contributed by atoms with Crippen LogP contribution in [0.3, 0.4) is 0 Å². The van der Waals surface area contributed by atoms with Crippen LogP contribution in [0.1, 0.15) is 39.0 Å². The summed E-state index contributed by atoms with van der Waals surface area (Å²) in [6, 6.07) is 4.33. The van der Waals surface area contributed by atoms with Crippen LogP contribution in [0.4, 0.5) is 17.1 Å². The van der Waals surface area contributed by atoms with Gasteiger partial charge >= 0.3 is 0 Å². The van der Waals surface area contributed by atoms with Crippen molar-refractivity contribution in [1.29, 1.82) is 0 Å². The molecule has 21 heavy (non-hydrogen) atoms. The van der Waals surface area contributed by atoms with Crippen molar-refractivity contribution in [3.8, 4) is 5.75 Å². The number of nitrogen functional groups attached to an aromatic ring is 1. The Labute approximate surface area is 125 Å². The second-order valence-corrected chi connectivity index (χ2v) is 5.82. The van der Waals surface area contributed by atoms with E-state index in [0.717, 1.165) is 23.6 Å². The Balaban J connectivity index is 1.92. The second-order valence-electron chi connectivity index (χ2n) is 5.82. The minimum Gasteiger partial charge on any atom is -0.482 e. The van der Waals surface area contributed by atoms with Gasteiger partial charge in [0.2, 0.25) is 0 Å². The number of fused-ring (bicyclic) bond motifs is 1. The molecule has 0 radical (unpaired) electrons. The van der Waals surface area contributed by atoms with Gasteiger partial charge in [-0.3, -0.25) is 4.79 Å². The predicted octanol–water partition coefficient (Wildman–Crippen LogP) is 2.76. The van der Waals surface area contributed by atoms with Gasteiger partial charge in [0, 0.05) is 18.7 Å². The fraction of sp³-hybridized carbons (Fsp3) is 0.562. The highest BCUT2D eigenvalue weighted by atomic mass is 16.5. The zero-order valence-electron chi connectivity index (χ0n) is 12.5. The Morgan fingerprint density at radius 3 is 2.81 bits per heavy atom. The number of amides is 1. The third-order valence-corrected chi connectivity index (χ3v) is 4.43. The first-order valence-electron chi connectivity index (χ1n) is 7.82. The van der Waals surface area contributed by atoms with E-state index in [2.05, 4.69) is 17.1 Å². The molecule has 0 spiro atoms. The molecule has 2 aliphatic rings. The second kappa shape index (κ2) is 5.84. The molecule has 1 aliphatic heterocycles. The lowest BCUT2D eigenvalue weighted by molar-refractivity contribution is -0.118. The van der Waals surface area contributed by atoms with Crippen molar-refractivity contribution in [2.75, 3.05) is 29.1 Å². The lowest BCUT2D eigenvalue weighted by Gasteiger charge is -2.36. The zero-order chi connectivity index (χ0) is 14.8. The predicted molar refractivity (Wildman–Crippen MR) is 84.9 cm³/mol. The lowest BCUT2D eigenvalue weighted by atomic mass is 9.93. The number of rotatable bonds is 3. The largest absolute Gasteiger partial charge is 0.482 e. The number of carbonyl (C=O) groups excluding carboxylic acids is 1. The summed E-state index contributed by atoms with van der Waals surface area (Å²) in [5.41, 5.74) is 8.68. The number of ether oxygens (including phenoxy) is 1. The van der Waals surface area contributed by atoms with Crippen LogP contribution < -0.4 is 20.7 Å². The first-order chi connectivity index (χ1) is 10.2. The van der Waals surface area contributed by atoms with Gasteiger partial charge < -0.3 is 20.7 Å². The van der Waals surface area contributed by atoms with Gasteiger partial charge in [0.1, 0.15) is 5.75 Å². The van der Waals surface area contributed by atoms with E-state index in [9.17, 15) is 4.79 Å². The third kappa shape index (κ3) is 2.77. The van der Waals surface area contributed by atoms with Gasteiger partial charge in [0.05, 0.1) is 17.1 Å². The van der Waals surface area contributed by atoms with Crippen LogP contribution in [0, 0.1) is 0 Å². The van der Waals surface area contributed by atoms with Crippen molar-refractivity contribution in [2.24, 2.45) is 0 Å². The molecule has 0 saturated heterocycles. The first kappa shape index (κ1) is 14.0. The molecule has 1 saturated carbocycles. The van der Waals surface area contributed by atoms with E-state index < -0.39 is 0 Å². The summed E-state index contributed by atoms with van der Waals surface area (Å²) < 4.78 is 5.42. The molecular weight excluding hydrogens is 266 g/mol. The Bertz CT molecular complexity index is 539. The summed E-state index contributed by atoms with van der Waals surface area (Å²) in [5.74, 6) is 0.550. The maximum Gasteiger partial charge on any atom is 0.262 e. The van der Waals surface area contributed by atoms with E-state index in [-0.39, 0.29) is 12.5 Å². The van der Waals surface area contributed by atoms with Crippen molar-refractivity contribution in [3.63, 3.8) is 0 Å². The number of nitrogens with one attached hydrogen (secondary N) is 1. The number of benzene rings is 1. The Morgan fingerprint density at radius 1 is 1.33 bits per heavy atom. The Kier molecular flexibility index (Phi) is 3.90. The van der Waals surface area contributed by atoms with Crippen LogP contribution in [-0.2, 0) is 4.79 Å². The van der Waals surface area contributed by atoms with E-state index >= 15 is 0 Å². The number of carbonyl (C=O) groups is 1. The van der Waals surface area contributed by atoms with Crippen LogP contribution >= 0.6 is 0 Å². The van der Waals surface area contributed by atoms with Gasteiger partial charge in [-0.15, -0.1) is 0 Å². The maximum absolute atomic E-state index is 11.5. The third-order valence-electron chi connectivity index (χ3n) is 4.43. The molecule has 5 heteroatoms. The number of hydrogen-bond acceptors (Lipinski definition) is 4.